The van der Waals surface area contributed by atoms with Crippen molar-refractivity contribution in [3.63, 3.8) is 0 Å². The van der Waals surface area contributed by atoms with E-state index in [1.807, 2.05) is 0 Å². The molecule has 2 heterocycles. The van der Waals surface area contributed by atoms with Crippen LogP contribution < -0.4 is 0 Å². The number of thioether (sulfide) groups is 1. The zero-order chi connectivity index (χ0) is 33.7. The Balaban J connectivity index is 0.00000130. The smallest absolute Gasteiger partial charge is 0.416 e. The average molecular weight is 705 g/mol. The zero-order valence-corrected chi connectivity index (χ0v) is 26.7. The van der Waals surface area contributed by atoms with Crippen molar-refractivity contribution >= 4 is 46.8 Å². The van der Waals surface area contributed by atoms with Crippen molar-refractivity contribution in [2.24, 2.45) is 0 Å². The van der Waals surface area contributed by atoms with Crippen LogP contribution in [-0.4, -0.2) is 93.9 Å². The maximum atomic E-state index is 13.4. The van der Waals surface area contributed by atoms with Crippen LogP contribution in [-0.2, 0) is 17.1 Å². The standard InChI is InChI=1S/C27H29Cl2F6N3O2S.C2H4O2/c1-36(25(40)18-10-19(26(30,31)32)13-20(11-18)27(33,34)35)14-17(16-2-3-21(28)22(29)12-16)4-6-37-7-5-23(37)38-8-9-41-15-24(38)39;1-2(3)4/h2-3,10-13,17,23-24,39H,4-9,14-15H2,1H3;1H3,(H,3,4)/t17-,23?,24?;/m1./s1. The number of benzene rings is 2. The van der Waals surface area contributed by atoms with Crippen LogP contribution in [0.25, 0.3) is 0 Å². The molecular formula is C29H33Cl2F6N3O4S. The zero-order valence-electron chi connectivity index (χ0n) is 24.3. The quantitative estimate of drug-likeness (QED) is 0.294. The van der Waals surface area contributed by atoms with Crippen LogP contribution in [0.1, 0.15) is 52.7 Å². The van der Waals surface area contributed by atoms with Crippen molar-refractivity contribution < 1.29 is 46.1 Å². The van der Waals surface area contributed by atoms with Gasteiger partial charge in [0.25, 0.3) is 11.9 Å². The Morgan fingerprint density at radius 2 is 1.62 bits per heavy atom. The van der Waals surface area contributed by atoms with Gasteiger partial charge in [0.05, 0.1) is 27.3 Å². The molecular weight excluding hydrogens is 671 g/mol. The highest BCUT2D eigenvalue weighted by atomic mass is 35.5. The summed E-state index contributed by atoms with van der Waals surface area (Å²) in [5, 5.41) is 18.5. The van der Waals surface area contributed by atoms with Gasteiger partial charge in [-0.2, -0.15) is 38.1 Å². The van der Waals surface area contributed by atoms with Crippen molar-refractivity contribution in [1.82, 2.24) is 14.7 Å². The number of hydrogen-bond donors (Lipinski definition) is 2. The molecule has 16 heteroatoms. The van der Waals surface area contributed by atoms with E-state index in [9.17, 15) is 36.2 Å². The summed E-state index contributed by atoms with van der Waals surface area (Å²) in [5.41, 5.74) is -3.08. The average Bonchev–Trinajstić information content (AvgIpc) is 2.92. The van der Waals surface area contributed by atoms with Gasteiger partial charge in [-0.1, -0.05) is 29.3 Å². The van der Waals surface area contributed by atoms with E-state index in [1.165, 1.54) is 7.05 Å². The molecule has 45 heavy (non-hydrogen) atoms. The minimum atomic E-state index is -5.06. The molecule has 0 radical (unpaired) electrons. The number of aliphatic carboxylic acids is 1. The van der Waals surface area contributed by atoms with Gasteiger partial charge in [0.15, 0.2) is 0 Å². The fourth-order valence-corrected chi connectivity index (χ4v) is 6.39. The second-order valence-electron chi connectivity index (χ2n) is 10.8. The summed E-state index contributed by atoms with van der Waals surface area (Å²) >= 11 is 14.0. The van der Waals surface area contributed by atoms with Crippen molar-refractivity contribution in [3.8, 4) is 0 Å². The van der Waals surface area contributed by atoms with Gasteiger partial charge < -0.3 is 15.1 Å². The highest BCUT2D eigenvalue weighted by molar-refractivity contribution is 7.99. The first-order valence-corrected chi connectivity index (χ1v) is 15.7. The number of aliphatic hydroxyl groups is 1. The second kappa shape index (κ2) is 15.6. The molecule has 0 saturated carbocycles. The number of aliphatic hydroxyl groups excluding tert-OH is 1. The van der Waals surface area contributed by atoms with Crippen LogP contribution in [0.2, 0.25) is 10.0 Å². The van der Waals surface area contributed by atoms with Crippen molar-refractivity contribution in [2.45, 2.75) is 50.4 Å². The largest absolute Gasteiger partial charge is 0.481 e. The number of likely N-dealkylation sites (tertiary alicyclic amines) is 1. The molecule has 2 N–H and O–H groups in total. The maximum absolute atomic E-state index is 13.4. The van der Waals surface area contributed by atoms with E-state index >= 15 is 0 Å². The number of hydrogen-bond acceptors (Lipinski definition) is 6. The third kappa shape index (κ3) is 10.4. The molecule has 2 fully saturated rings. The van der Waals surface area contributed by atoms with E-state index in [1.54, 1.807) is 30.0 Å². The number of carbonyl (C=O) groups is 2. The Kier molecular flexibility index (Phi) is 12.9. The van der Waals surface area contributed by atoms with Crippen LogP contribution in [0.15, 0.2) is 36.4 Å². The molecule has 2 aliphatic heterocycles. The summed E-state index contributed by atoms with van der Waals surface area (Å²) < 4.78 is 80.2. The molecule has 2 aromatic carbocycles. The molecule has 0 spiro atoms. The minimum Gasteiger partial charge on any atom is -0.481 e. The van der Waals surface area contributed by atoms with Gasteiger partial charge in [-0.3, -0.25) is 19.4 Å². The van der Waals surface area contributed by atoms with Gasteiger partial charge in [-0.05, 0) is 48.7 Å². The summed E-state index contributed by atoms with van der Waals surface area (Å²) in [6.45, 7) is 3.26. The van der Waals surface area contributed by atoms with Crippen molar-refractivity contribution in [1.29, 1.82) is 0 Å². The van der Waals surface area contributed by atoms with Gasteiger partial charge in [0.1, 0.15) is 6.23 Å². The predicted molar refractivity (Wildman–Crippen MR) is 161 cm³/mol. The van der Waals surface area contributed by atoms with E-state index < -0.39 is 47.1 Å². The van der Waals surface area contributed by atoms with E-state index in [0.29, 0.717) is 35.9 Å². The van der Waals surface area contributed by atoms with E-state index in [0.717, 1.165) is 42.7 Å². The molecule has 0 aliphatic carbocycles. The number of amides is 1. The summed E-state index contributed by atoms with van der Waals surface area (Å²) in [4.78, 5) is 27.6. The number of likely N-dealkylation sites (N-methyl/N-ethyl adjacent to an activating group) is 1. The third-order valence-corrected chi connectivity index (χ3v) is 9.22. The summed E-state index contributed by atoms with van der Waals surface area (Å²) in [6, 6.07) is 5.87. The highest BCUT2D eigenvalue weighted by Crippen LogP contribution is 2.37. The van der Waals surface area contributed by atoms with Crippen LogP contribution in [0, 0.1) is 0 Å². The summed E-state index contributed by atoms with van der Waals surface area (Å²) in [6.07, 6.45) is -9.18. The van der Waals surface area contributed by atoms with Crippen LogP contribution in [0.3, 0.4) is 0 Å². The number of carboxylic acids is 1. The molecule has 2 unspecified atom stereocenters. The molecule has 0 aromatic heterocycles. The Morgan fingerprint density at radius 3 is 2.11 bits per heavy atom. The first-order chi connectivity index (χ1) is 20.9. The molecule has 2 saturated heterocycles. The van der Waals surface area contributed by atoms with E-state index in [4.69, 9.17) is 33.1 Å². The summed E-state index contributed by atoms with van der Waals surface area (Å²) in [5.74, 6) is -0.599. The summed E-state index contributed by atoms with van der Waals surface area (Å²) in [7, 11) is 1.34. The second-order valence-corrected chi connectivity index (χ2v) is 12.7. The van der Waals surface area contributed by atoms with Crippen LogP contribution in [0.4, 0.5) is 26.3 Å². The van der Waals surface area contributed by atoms with E-state index in [2.05, 4.69) is 9.80 Å². The van der Waals surface area contributed by atoms with Gasteiger partial charge in [-0.25, -0.2) is 0 Å². The van der Waals surface area contributed by atoms with Gasteiger partial charge in [0.2, 0.25) is 0 Å². The molecule has 2 aromatic rings. The van der Waals surface area contributed by atoms with Crippen molar-refractivity contribution in [2.75, 3.05) is 44.7 Å². The van der Waals surface area contributed by atoms with Crippen molar-refractivity contribution in [3.05, 3.63) is 68.7 Å². The fraction of sp³-hybridized carbons (Fsp3) is 0.517. The first kappa shape index (κ1) is 37.2. The molecule has 3 atom stereocenters. The fourth-order valence-electron chi connectivity index (χ4n) is 5.18. The molecule has 1 amide bonds. The molecule has 7 nitrogen and oxygen atoms in total. The monoisotopic (exact) mass is 703 g/mol. The minimum absolute atomic E-state index is 0.00323. The molecule has 2 aliphatic rings. The topological polar surface area (TPSA) is 84.3 Å². The van der Waals surface area contributed by atoms with Gasteiger partial charge >= 0.3 is 12.4 Å². The third-order valence-electron chi connectivity index (χ3n) is 7.48. The maximum Gasteiger partial charge on any atom is 0.416 e. The molecule has 250 valence electrons. The lowest BCUT2D eigenvalue weighted by Gasteiger charge is -2.50. The SMILES string of the molecule is CC(=O)O.CN(C[C@@H](CCN1CCC1N1CCSCC1O)c1ccc(Cl)c(Cl)c1)C(=O)c1cc(C(F)(F)F)cc(C(F)(F)F)c1. The Hall–Kier alpha value is -2.23. The van der Waals surface area contributed by atoms with Gasteiger partial charge in [-0.15, -0.1) is 0 Å². The number of halogens is 8. The number of carbonyl (C=O) groups excluding carboxylic acids is 1. The number of rotatable bonds is 8. The first-order valence-electron chi connectivity index (χ1n) is 13.8. The lowest BCUT2D eigenvalue weighted by molar-refractivity contribution is -0.143. The van der Waals surface area contributed by atoms with Gasteiger partial charge in [0, 0.05) is 63.1 Å². The number of carboxylic acid groups (broad SMARTS) is 1. The normalized spacial score (nSPS) is 20.1. The Bertz CT molecular complexity index is 1310. The Morgan fingerprint density at radius 1 is 1.02 bits per heavy atom. The number of alkyl halides is 6. The van der Waals surface area contributed by atoms with Crippen LogP contribution in [0.5, 0.6) is 0 Å². The lowest BCUT2D eigenvalue weighted by atomic mass is 9.93. The lowest BCUT2D eigenvalue weighted by Crippen LogP contribution is -2.62. The number of nitrogens with zero attached hydrogens (tertiary/aromatic N) is 3. The molecule has 4 rings (SSSR count). The predicted octanol–water partition coefficient (Wildman–Crippen LogP) is 6.77. The van der Waals surface area contributed by atoms with Crippen LogP contribution >= 0.6 is 35.0 Å². The Labute approximate surface area is 271 Å². The molecule has 0 bridgehead atoms. The van der Waals surface area contributed by atoms with E-state index in [-0.39, 0.29) is 29.7 Å². The highest BCUT2D eigenvalue weighted by Gasteiger charge is 2.39.